The molecule has 1 atom stereocenters. The summed E-state index contributed by atoms with van der Waals surface area (Å²) in [5.41, 5.74) is 2.94. The second-order valence-electron chi connectivity index (χ2n) is 4.66. The first-order chi connectivity index (χ1) is 8.54. The number of para-hydroxylation sites is 1. The number of hydrogen-bond acceptors (Lipinski definition) is 3. The van der Waals surface area contributed by atoms with Crippen molar-refractivity contribution in [3.63, 3.8) is 0 Å². The van der Waals surface area contributed by atoms with Crippen molar-refractivity contribution in [3.05, 3.63) is 29.3 Å². The van der Waals surface area contributed by atoms with Gasteiger partial charge in [0.15, 0.2) is 0 Å². The standard InChI is InChI=1S/C14H17NO3/c1-3-10-6-4-5-9(2)13(10)15-8-11(14(17)18)7-12(15)16/h4-6,11H,3,7-8H2,1-2H3,(H,17,18)/p-1/t11-/m1/s1. The van der Waals surface area contributed by atoms with Crippen LogP contribution in [0.5, 0.6) is 0 Å². The van der Waals surface area contributed by atoms with E-state index in [1.165, 1.54) is 0 Å². The number of aryl methyl sites for hydroxylation is 2. The molecule has 0 aliphatic carbocycles. The molecule has 0 spiro atoms. The molecule has 1 fully saturated rings. The molecule has 1 amide bonds. The van der Waals surface area contributed by atoms with E-state index in [1.54, 1.807) is 4.90 Å². The minimum absolute atomic E-state index is 0.0415. The molecule has 0 N–H and O–H groups in total. The summed E-state index contributed by atoms with van der Waals surface area (Å²) in [6.07, 6.45) is 0.858. The van der Waals surface area contributed by atoms with E-state index >= 15 is 0 Å². The minimum atomic E-state index is -1.14. The molecule has 1 aromatic rings. The number of aliphatic carboxylic acids is 1. The summed E-state index contributed by atoms with van der Waals surface area (Å²) in [6, 6.07) is 5.87. The number of rotatable bonds is 3. The number of nitrogens with zero attached hydrogens (tertiary/aromatic N) is 1. The number of hydrogen-bond donors (Lipinski definition) is 0. The maximum Gasteiger partial charge on any atom is 0.227 e. The lowest BCUT2D eigenvalue weighted by atomic mass is 10.0. The van der Waals surface area contributed by atoms with Gasteiger partial charge < -0.3 is 14.8 Å². The third-order valence-corrected chi connectivity index (χ3v) is 3.43. The fourth-order valence-corrected chi connectivity index (χ4v) is 2.47. The van der Waals surface area contributed by atoms with Crippen molar-refractivity contribution in [2.75, 3.05) is 11.4 Å². The Hall–Kier alpha value is -1.84. The molecular formula is C14H16NO3-. The number of carboxylic acids is 1. The van der Waals surface area contributed by atoms with E-state index in [-0.39, 0.29) is 18.9 Å². The monoisotopic (exact) mass is 246 g/mol. The van der Waals surface area contributed by atoms with Crippen LogP contribution in [0.4, 0.5) is 5.69 Å². The van der Waals surface area contributed by atoms with Crippen LogP contribution >= 0.6 is 0 Å². The van der Waals surface area contributed by atoms with Gasteiger partial charge in [-0.05, 0) is 24.5 Å². The molecule has 96 valence electrons. The molecule has 1 heterocycles. The number of benzene rings is 1. The van der Waals surface area contributed by atoms with Gasteiger partial charge in [0.25, 0.3) is 0 Å². The second-order valence-corrected chi connectivity index (χ2v) is 4.66. The van der Waals surface area contributed by atoms with Crippen molar-refractivity contribution in [1.29, 1.82) is 0 Å². The van der Waals surface area contributed by atoms with Gasteiger partial charge in [0, 0.05) is 30.5 Å². The Morgan fingerprint density at radius 1 is 1.50 bits per heavy atom. The molecule has 0 bridgehead atoms. The molecular weight excluding hydrogens is 230 g/mol. The summed E-state index contributed by atoms with van der Waals surface area (Å²) in [6.45, 7) is 4.18. The van der Waals surface area contributed by atoms with Gasteiger partial charge in [-0.1, -0.05) is 25.1 Å². The Kier molecular flexibility index (Phi) is 3.36. The van der Waals surface area contributed by atoms with Gasteiger partial charge in [-0.3, -0.25) is 4.79 Å². The summed E-state index contributed by atoms with van der Waals surface area (Å²) in [5, 5.41) is 10.9. The summed E-state index contributed by atoms with van der Waals surface area (Å²) in [4.78, 5) is 24.4. The molecule has 1 aliphatic rings. The van der Waals surface area contributed by atoms with Crippen LogP contribution in [0.3, 0.4) is 0 Å². The Bertz CT molecular complexity index is 496. The quantitative estimate of drug-likeness (QED) is 0.787. The van der Waals surface area contributed by atoms with Crippen LogP contribution in [0.2, 0.25) is 0 Å². The average Bonchev–Trinajstić information content (AvgIpc) is 2.71. The molecule has 1 saturated heterocycles. The van der Waals surface area contributed by atoms with E-state index in [2.05, 4.69) is 0 Å². The lowest BCUT2D eigenvalue weighted by Gasteiger charge is -2.22. The van der Waals surface area contributed by atoms with Crippen LogP contribution in [-0.4, -0.2) is 18.4 Å². The van der Waals surface area contributed by atoms with Gasteiger partial charge >= 0.3 is 0 Å². The summed E-state index contributed by atoms with van der Waals surface area (Å²) in [7, 11) is 0. The SMILES string of the molecule is CCc1cccc(C)c1N1C[C@H](C(=O)[O-])CC1=O. The van der Waals surface area contributed by atoms with Crippen LogP contribution < -0.4 is 10.0 Å². The number of amides is 1. The van der Waals surface area contributed by atoms with Crippen molar-refractivity contribution in [1.82, 2.24) is 0 Å². The van der Waals surface area contributed by atoms with E-state index in [9.17, 15) is 14.7 Å². The highest BCUT2D eigenvalue weighted by molar-refractivity contribution is 6.00. The number of carboxylic acid groups (broad SMARTS) is 1. The van der Waals surface area contributed by atoms with E-state index in [4.69, 9.17) is 0 Å². The summed E-state index contributed by atoms with van der Waals surface area (Å²) < 4.78 is 0. The molecule has 0 unspecified atom stereocenters. The predicted molar refractivity (Wildman–Crippen MR) is 66.0 cm³/mol. The van der Waals surface area contributed by atoms with Crippen molar-refractivity contribution in [3.8, 4) is 0 Å². The first kappa shape index (κ1) is 12.6. The zero-order valence-corrected chi connectivity index (χ0v) is 10.6. The molecule has 0 saturated carbocycles. The largest absolute Gasteiger partial charge is 0.550 e. The molecule has 4 nitrogen and oxygen atoms in total. The van der Waals surface area contributed by atoms with Gasteiger partial charge in [-0.2, -0.15) is 0 Å². The fraction of sp³-hybridized carbons (Fsp3) is 0.429. The van der Waals surface area contributed by atoms with Crippen LogP contribution in [0.1, 0.15) is 24.5 Å². The summed E-state index contributed by atoms with van der Waals surface area (Å²) in [5.74, 6) is -1.97. The molecule has 0 radical (unpaired) electrons. The molecule has 4 heteroatoms. The number of carbonyl (C=O) groups is 2. The Morgan fingerprint density at radius 2 is 2.22 bits per heavy atom. The molecule has 2 rings (SSSR count). The predicted octanol–water partition coefficient (Wildman–Crippen LogP) is 0.660. The summed E-state index contributed by atoms with van der Waals surface area (Å²) >= 11 is 0. The van der Waals surface area contributed by atoms with Crippen molar-refractivity contribution >= 4 is 17.6 Å². The highest BCUT2D eigenvalue weighted by Gasteiger charge is 2.32. The van der Waals surface area contributed by atoms with Crippen molar-refractivity contribution < 1.29 is 14.7 Å². The Labute approximate surface area is 106 Å². The van der Waals surface area contributed by atoms with Gasteiger partial charge in [0.2, 0.25) is 5.91 Å². The Balaban J connectivity index is 2.38. The number of anilines is 1. The third-order valence-electron chi connectivity index (χ3n) is 3.43. The maximum atomic E-state index is 11.9. The van der Waals surface area contributed by atoms with Crippen molar-refractivity contribution in [2.45, 2.75) is 26.7 Å². The molecule has 0 aromatic heterocycles. The minimum Gasteiger partial charge on any atom is -0.550 e. The van der Waals surface area contributed by atoms with Gasteiger partial charge in [0.1, 0.15) is 0 Å². The second kappa shape index (κ2) is 4.80. The molecule has 18 heavy (non-hydrogen) atoms. The van der Waals surface area contributed by atoms with Gasteiger partial charge in [-0.15, -0.1) is 0 Å². The normalized spacial score (nSPS) is 19.3. The topological polar surface area (TPSA) is 60.4 Å². The van der Waals surface area contributed by atoms with Crippen LogP contribution in [0.25, 0.3) is 0 Å². The zero-order chi connectivity index (χ0) is 13.3. The molecule has 1 aromatic carbocycles. The highest BCUT2D eigenvalue weighted by atomic mass is 16.4. The van der Waals surface area contributed by atoms with E-state index in [1.807, 2.05) is 32.0 Å². The van der Waals surface area contributed by atoms with E-state index < -0.39 is 11.9 Å². The number of carbonyl (C=O) groups excluding carboxylic acids is 2. The third kappa shape index (κ3) is 2.10. The van der Waals surface area contributed by atoms with Crippen LogP contribution in [-0.2, 0) is 16.0 Å². The van der Waals surface area contributed by atoms with E-state index in [0.717, 1.165) is 23.2 Å². The van der Waals surface area contributed by atoms with Gasteiger partial charge in [-0.25, -0.2) is 0 Å². The first-order valence-electron chi connectivity index (χ1n) is 6.14. The maximum absolute atomic E-state index is 11.9. The van der Waals surface area contributed by atoms with Gasteiger partial charge in [0.05, 0.1) is 0 Å². The molecule has 1 aliphatic heterocycles. The average molecular weight is 246 g/mol. The van der Waals surface area contributed by atoms with E-state index in [0.29, 0.717) is 0 Å². The van der Waals surface area contributed by atoms with Crippen molar-refractivity contribution in [2.24, 2.45) is 5.92 Å². The van der Waals surface area contributed by atoms with Crippen LogP contribution in [0, 0.1) is 12.8 Å². The first-order valence-corrected chi connectivity index (χ1v) is 6.14. The zero-order valence-electron chi connectivity index (χ0n) is 10.6. The fourth-order valence-electron chi connectivity index (χ4n) is 2.47. The lowest BCUT2D eigenvalue weighted by molar-refractivity contribution is -0.310. The Morgan fingerprint density at radius 3 is 2.78 bits per heavy atom. The highest BCUT2D eigenvalue weighted by Crippen LogP contribution is 2.31. The van der Waals surface area contributed by atoms with Crippen LogP contribution in [0.15, 0.2) is 18.2 Å². The lowest BCUT2D eigenvalue weighted by Crippen LogP contribution is -2.34. The smallest absolute Gasteiger partial charge is 0.227 e.